The van der Waals surface area contributed by atoms with E-state index in [-0.39, 0.29) is 0 Å². The second kappa shape index (κ2) is 6.72. The molecule has 3 rings (SSSR count). The molecule has 0 saturated carbocycles. The van der Waals surface area contributed by atoms with Crippen LogP contribution in [0.5, 0.6) is 0 Å². The first-order chi connectivity index (χ1) is 10.7. The van der Waals surface area contributed by atoms with Crippen molar-refractivity contribution in [1.82, 2.24) is 4.90 Å². The van der Waals surface area contributed by atoms with Crippen LogP contribution in [0.4, 0.5) is 0 Å². The SMILES string of the molecule is CCc1ccc2c(c1)/C(=C\CCN(C)C)c1ccccc1S2. The van der Waals surface area contributed by atoms with E-state index in [9.17, 15) is 0 Å². The van der Waals surface area contributed by atoms with Crippen molar-refractivity contribution in [3.63, 3.8) is 0 Å². The third-order valence-electron chi connectivity index (χ3n) is 4.06. The van der Waals surface area contributed by atoms with Crippen molar-refractivity contribution in [2.45, 2.75) is 29.6 Å². The van der Waals surface area contributed by atoms with Crippen molar-refractivity contribution in [3.05, 3.63) is 65.2 Å². The zero-order valence-corrected chi connectivity index (χ0v) is 14.4. The molecule has 0 amide bonds. The Kier molecular flexibility index (Phi) is 4.70. The molecule has 114 valence electrons. The highest BCUT2D eigenvalue weighted by atomic mass is 32.2. The minimum absolute atomic E-state index is 1.08. The van der Waals surface area contributed by atoms with Gasteiger partial charge < -0.3 is 4.90 Å². The van der Waals surface area contributed by atoms with E-state index >= 15 is 0 Å². The van der Waals surface area contributed by atoms with E-state index < -0.39 is 0 Å². The zero-order valence-electron chi connectivity index (χ0n) is 13.6. The highest BCUT2D eigenvalue weighted by molar-refractivity contribution is 7.99. The summed E-state index contributed by atoms with van der Waals surface area (Å²) in [5.41, 5.74) is 5.60. The van der Waals surface area contributed by atoms with E-state index in [1.165, 1.54) is 32.1 Å². The van der Waals surface area contributed by atoms with Crippen LogP contribution in [0.15, 0.2) is 58.3 Å². The van der Waals surface area contributed by atoms with E-state index in [2.05, 4.69) is 74.5 Å². The first kappa shape index (κ1) is 15.4. The van der Waals surface area contributed by atoms with Gasteiger partial charge in [-0.25, -0.2) is 0 Å². The molecular formula is C20H23NS. The average molecular weight is 309 g/mol. The van der Waals surface area contributed by atoms with Gasteiger partial charge in [-0.15, -0.1) is 0 Å². The summed E-state index contributed by atoms with van der Waals surface area (Å²) in [7, 11) is 4.26. The van der Waals surface area contributed by atoms with Crippen molar-refractivity contribution in [2.75, 3.05) is 20.6 Å². The molecule has 0 radical (unpaired) electrons. The van der Waals surface area contributed by atoms with Crippen LogP contribution in [0.25, 0.3) is 5.57 Å². The number of rotatable bonds is 4. The number of fused-ring (bicyclic) bond motifs is 2. The summed E-state index contributed by atoms with van der Waals surface area (Å²) < 4.78 is 0. The van der Waals surface area contributed by atoms with Crippen LogP contribution in [0.3, 0.4) is 0 Å². The molecular weight excluding hydrogens is 286 g/mol. The molecule has 1 aliphatic heterocycles. The maximum atomic E-state index is 2.41. The number of benzene rings is 2. The summed E-state index contributed by atoms with van der Waals surface area (Å²) in [6.07, 6.45) is 4.58. The fourth-order valence-electron chi connectivity index (χ4n) is 2.83. The van der Waals surface area contributed by atoms with Crippen molar-refractivity contribution in [3.8, 4) is 0 Å². The standard InChI is InChI=1S/C20H23NS/c1-4-15-11-12-20-18(14-15)16(9-7-13-21(2)3)17-8-5-6-10-19(17)22-20/h5-6,8-12,14H,4,7,13H2,1-3H3/b16-9-. The summed E-state index contributed by atoms with van der Waals surface area (Å²) in [5.74, 6) is 0. The van der Waals surface area contributed by atoms with Crippen molar-refractivity contribution >= 4 is 17.3 Å². The molecule has 0 N–H and O–H groups in total. The predicted molar refractivity (Wildman–Crippen MR) is 96.6 cm³/mol. The van der Waals surface area contributed by atoms with Crippen molar-refractivity contribution < 1.29 is 0 Å². The maximum Gasteiger partial charge on any atom is 0.0201 e. The Bertz CT molecular complexity index is 701. The molecule has 0 unspecified atom stereocenters. The third kappa shape index (κ3) is 3.13. The second-order valence-corrected chi connectivity index (χ2v) is 7.08. The smallest absolute Gasteiger partial charge is 0.0201 e. The summed E-state index contributed by atoms with van der Waals surface area (Å²) >= 11 is 1.89. The highest BCUT2D eigenvalue weighted by Gasteiger charge is 2.20. The van der Waals surface area contributed by atoms with E-state index in [0.29, 0.717) is 0 Å². The molecule has 22 heavy (non-hydrogen) atoms. The number of nitrogens with zero attached hydrogens (tertiary/aromatic N) is 1. The monoisotopic (exact) mass is 309 g/mol. The van der Waals surface area contributed by atoms with Crippen LogP contribution < -0.4 is 0 Å². The highest BCUT2D eigenvalue weighted by Crippen LogP contribution is 2.45. The number of hydrogen-bond acceptors (Lipinski definition) is 2. The van der Waals surface area contributed by atoms with Gasteiger partial charge in [0.25, 0.3) is 0 Å². The Morgan fingerprint density at radius 3 is 2.55 bits per heavy atom. The van der Waals surface area contributed by atoms with Gasteiger partial charge in [0.1, 0.15) is 0 Å². The van der Waals surface area contributed by atoms with Gasteiger partial charge in [-0.3, -0.25) is 0 Å². The van der Waals surface area contributed by atoms with Gasteiger partial charge in [-0.1, -0.05) is 55.1 Å². The average Bonchev–Trinajstić information content (AvgIpc) is 2.53. The Morgan fingerprint density at radius 1 is 1.00 bits per heavy atom. The zero-order chi connectivity index (χ0) is 15.5. The summed E-state index contributed by atoms with van der Waals surface area (Å²) in [6, 6.07) is 15.7. The van der Waals surface area contributed by atoms with Crippen molar-refractivity contribution in [2.24, 2.45) is 0 Å². The Morgan fingerprint density at radius 2 is 1.77 bits per heavy atom. The predicted octanol–water partition coefficient (Wildman–Crippen LogP) is 5.10. The fourth-order valence-corrected chi connectivity index (χ4v) is 3.91. The lowest BCUT2D eigenvalue weighted by atomic mass is 9.94. The van der Waals surface area contributed by atoms with Gasteiger partial charge in [0.2, 0.25) is 0 Å². The van der Waals surface area contributed by atoms with Gasteiger partial charge in [0.15, 0.2) is 0 Å². The molecule has 2 aromatic carbocycles. The van der Waals surface area contributed by atoms with E-state index in [4.69, 9.17) is 0 Å². The molecule has 0 aliphatic carbocycles. The molecule has 1 heterocycles. The summed E-state index contributed by atoms with van der Waals surface area (Å²) in [6.45, 7) is 3.31. The lowest BCUT2D eigenvalue weighted by Gasteiger charge is -2.23. The minimum Gasteiger partial charge on any atom is -0.309 e. The minimum atomic E-state index is 1.08. The van der Waals surface area contributed by atoms with Crippen molar-refractivity contribution in [1.29, 1.82) is 0 Å². The molecule has 2 aromatic rings. The topological polar surface area (TPSA) is 3.24 Å². The molecule has 0 saturated heterocycles. The van der Waals surface area contributed by atoms with Gasteiger partial charge >= 0.3 is 0 Å². The van der Waals surface area contributed by atoms with Crippen LogP contribution in [0.1, 0.15) is 30.0 Å². The first-order valence-electron chi connectivity index (χ1n) is 7.94. The lowest BCUT2D eigenvalue weighted by Crippen LogP contribution is -2.12. The van der Waals surface area contributed by atoms with Crippen LogP contribution in [0.2, 0.25) is 0 Å². The van der Waals surface area contributed by atoms with Crippen LogP contribution >= 0.6 is 11.8 Å². The molecule has 0 atom stereocenters. The normalized spacial score (nSPS) is 15.0. The van der Waals surface area contributed by atoms with E-state index in [1.807, 2.05) is 11.8 Å². The third-order valence-corrected chi connectivity index (χ3v) is 5.22. The molecule has 2 heteroatoms. The Labute approximate surface area is 138 Å². The largest absolute Gasteiger partial charge is 0.309 e. The van der Waals surface area contributed by atoms with Crippen LogP contribution in [-0.4, -0.2) is 25.5 Å². The van der Waals surface area contributed by atoms with Gasteiger partial charge in [0.05, 0.1) is 0 Å². The lowest BCUT2D eigenvalue weighted by molar-refractivity contribution is 0.417. The number of hydrogen-bond donors (Lipinski definition) is 0. The fraction of sp³-hybridized carbons (Fsp3) is 0.300. The van der Waals surface area contributed by atoms with Crippen LogP contribution in [0, 0.1) is 0 Å². The quantitative estimate of drug-likeness (QED) is 0.660. The van der Waals surface area contributed by atoms with Gasteiger partial charge in [0, 0.05) is 16.3 Å². The molecule has 1 aliphatic rings. The van der Waals surface area contributed by atoms with Crippen LogP contribution in [-0.2, 0) is 6.42 Å². The molecule has 0 bridgehead atoms. The maximum absolute atomic E-state index is 2.41. The molecule has 0 aromatic heterocycles. The van der Waals surface area contributed by atoms with Gasteiger partial charge in [-0.05, 0) is 61.3 Å². The summed E-state index contributed by atoms with van der Waals surface area (Å²) in [5, 5.41) is 0. The van der Waals surface area contributed by atoms with Gasteiger partial charge in [-0.2, -0.15) is 0 Å². The molecule has 1 nitrogen and oxygen atoms in total. The molecule has 0 spiro atoms. The van der Waals surface area contributed by atoms with E-state index in [0.717, 1.165) is 19.4 Å². The first-order valence-corrected chi connectivity index (χ1v) is 8.76. The Hall–Kier alpha value is -1.51. The molecule has 0 fully saturated rings. The summed E-state index contributed by atoms with van der Waals surface area (Å²) in [4.78, 5) is 4.99. The Balaban J connectivity index is 2.06. The van der Waals surface area contributed by atoms with E-state index in [1.54, 1.807) is 0 Å². The number of aryl methyl sites for hydroxylation is 1. The second-order valence-electron chi connectivity index (χ2n) is 5.99.